The normalized spacial score (nSPS) is 17.0. The Morgan fingerprint density at radius 1 is 1.18 bits per heavy atom. The average Bonchev–Trinajstić information content (AvgIpc) is 2.50. The number of halogens is 1. The molecule has 1 N–H and O–H groups in total. The first-order valence-corrected chi connectivity index (χ1v) is 7.13. The number of nitrogens with one attached hydrogen (secondary N) is 1. The van der Waals surface area contributed by atoms with Gasteiger partial charge in [-0.05, 0) is 17.7 Å². The maximum atomic E-state index is 12.5. The number of amides is 1. The number of anilines is 1. The van der Waals surface area contributed by atoms with Gasteiger partial charge in [-0.3, -0.25) is 18.7 Å². The van der Waals surface area contributed by atoms with Crippen LogP contribution in [0.1, 0.15) is 23.5 Å². The Hall–Kier alpha value is -2.34. The second kappa shape index (κ2) is 5.14. The Bertz CT molecular complexity index is 898. The molecule has 1 amide bonds. The molecular formula is C15H14ClN3O3. The van der Waals surface area contributed by atoms with Crippen LogP contribution in [0, 0.1) is 0 Å². The van der Waals surface area contributed by atoms with E-state index in [4.69, 9.17) is 11.6 Å². The van der Waals surface area contributed by atoms with E-state index in [0.29, 0.717) is 10.6 Å². The van der Waals surface area contributed by atoms with Crippen LogP contribution in [0.25, 0.3) is 0 Å². The van der Waals surface area contributed by atoms with E-state index in [1.807, 2.05) is 6.07 Å². The lowest BCUT2D eigenvalue weighted by Crippen LogP contribution is -2.44. The van der Waals surface area contributed by atoms with Crippen LogP contribution in [0.3, 0.4) is 0 Å². The zero-order valence-corrected chi connectivity index (χ0v) is 12.8. The average molecular weight is 320 g/mol. The lowest BCUT2D eigenvalue weighted by molar-refractivity contribution is -0.116. The smallest absolute Gasteiger partial charge is 0.312 e. The molecule has 0 spiro atoms. The summed E-state index contributed by atoms with van der Waals surface area (Å²) in [5.74, 6) is -0.400. The van der Waals surface area contributed by atoms with Crippen LogP contribution in [-0.2, 0) is 18.9 Å². The molecule has 0 fully saturated rings. The molecule has 2 heterocycles. The van der Waals surface area contributed by atoms with Crippen molar-refractivity contribution in [1.29, 1.82) is 0 Å². The van der Waals surface area contributed by atoms with E-state index in [1.54, 1.807) is 18.2 Å². The van der Waals surface area contributed by atoms with Crippen LogP contribution >= 0.6 is 11.6 Å². The van der Waals surface area contributed by atoms with Gasteiger partial charge in [0.25, 0.3) is 5.56 Å². The van der Waals surface area contributed by atoms with E-state index in [0.717, 1.165) is 10.1 Å². The number of hydrogen-bond donors (Lipinski definition) is 1. The Labute approximate surface area is 131 Å². The second-order valence-corrected chi connectivity index (χ2v) is 5.76. The van der Waals surface area contributed by atoms with Crippen LogP contribution in [-0.4, -0.2) is 15.0 Å². The summed E-state index contributed by atoms with van der Waals surface area (Å²) in [6, 6.07) is 7.06. The molecule has 3 rings (SSSR count). The lowest BCUT2D eigenvalue weighted by Gasteiger charge is -2.27. The molecule has 1 aromatic heterocycles. The third kappa shape index (κ3) is 2.16. The van der Waals surface area contributed by atoms with Crippen molar-refractivity contribution in [2.45, 2.75) is 12.3 Å². The van der Waals surface area contributed by atoms with E-state index < -0.39 is 17.2 Å². The van der Waals surface area contributed by atoms with Gasteiger partial charge in [-0.1, -0.05) is 23.7 Å². The molecule has 0 saturated heterocycles. The van der Waals surface area contributed by atoms with E-state index in [2.05, 4.69) is 5.32 Å². The zero-order chi connectivity index (χ0) is 16.0. The first kappa shape index (κ1) is 14.6. The van der Waals surface area contributed by atoms with Gasteiger partial charge in [-0.15, -0.1) is 0 Å². The zero-order valence-electron chi connectivity index (χ0n) is 12.1. The van der Waals surface area contributed by atoms with Crippen molar-refractivity contribution < 1.29 is 4.79 Å². The Kier molecular flexibility index (Phi) is 3.41. The number of carbonyl (C=O) groups is 1. The summed E-state index contributed by atoms with van der Waals surface area (Å²) in [7, 11) is 2.96. The van der Waals surface area contributed by atoms with Crippen molar-refractivity contribution in [3.8, 4) is 0 Å². The van der Waals surface area contributed by atoms with Gasteiger partial charge in [0, 0.05) is 31.5 Å². The van der Waals surface area contributed by atoms with Gasteiger partial charge in [-0.2, -0.15) is 0 Å². The molecule has 1 aliphatic rings. The summed E-state index contributed by atoms with van der Waals surface area (Å²) >= 11 is 6.02. The maximum Gasteiger partial charge on any atom is 0.332 e. The molecule has 22 heavy (non-hydrogen) atoms. The maximum absolute atomic E-state index is 12.5. The molecule has 1 aliphatic heterocycles. The standard InChI is InChI=1S/C15H14ClN3O3/c1-18-13-12(14(21)19(2)15(18)22)10(7-11(20)17-13)8-4-3-5-9(16)6-8/h3-6,10H,7H2,1-2H3,(H,17,20)/t10-/m1/s1. The molecule has 1 atom stereocenters. The quantitative estimate of drug-likeness (QED) is 0.858. The molecule has 0 saturated carbocycles. The van der Waals surface area contributed by atoms with Gasteiger partial charge in [0.05, 0.1) is 5.56 Å². The second-order valence-electron chi connectivity index (χ2n) is 5.33. The highest BCUT2D eigenvalue weighted by Crippen LogP contribution is 2.34. The van der Waals surface area contributed by atoms with Crippen LogP contribution in [0.5, 0.6) is 0 Å². The Morgan fingerprint density at radius 2 is 1.91 bits per heavy atom. The van der Waals surface area contributed by atoms with Crippen LogP contribution < -0.4 is 16.6 Å². The van der Waals surface area contributed by atoms with Gasteiger partial charge in [-0.25, -0.2) is 4.79 Å². The van der Waals surface area contributed by atoms with Gasteiger partial charge in [0.2, 0.25) is 5.91 Å². The number of rotatable bonds is 1. The number of nitrogens with zero attached hydrogens (tertiary/aromatic N) is 2. The lowest BCUT2D eigenvalue weighted by atomic mass is 9.87. The van der Waals surface area contributed by atoms with Gasteiger partial charge < -0.3 is 5.32 Å². The van der Waals surface area contributed by atoms with Crippen LogP contribution in [0.2, 0.25) is 5.02 Å². The Morgan fingerprint density at radius 3 is 2.59 bits per heavy atom. The predicted molar refractivity (Wildman–Crippen MR) is 83.5 cm³/mol. The minimum atomic E-state index is -0.476. The SMILES string of the molecule is Cn1c2c(c(=O)n(C)c1=O)[C@@H](c1cccc(Cl)c1)CC(=O)N2. The third-order valence-electron chi connectivity index (χ3n) is 3.95. The Balaban J connectivity index is 2.33. The van der Waals surface area contributed by atoms with Gasteiger partial charge in [0.15, 0.2) is 0 Å². The number of aromatic nitrogens is 2. The summed E-state index contributed by atoms with van der Waals surface area (Å²) in [6.45, 7) is 0. The highest BCUT2D eigenvalue weighted by atomic mass is 35.5. The molecule has 0 radical (unpaired) electrons. The minimum absolute atomic E-state index is 0.140. The molecule has 114 valence electrons. The van der Waals surface area contributed by atoms with Crippen molar-refractivity contribution in [3.05, 3.63) is 61.3 Å². The van der Waals surface area contributed by atoms with E-state index in [-0.39, 0.29) is 18.1 Å². The minimum Gasteiger partial charge on any atom is -0.312 e. The topological polar surface area (TPSA) is 73.1 Å². The molecular weight excluding hydrogens is 306 g/mol. The van der Waals surface area contributed by atoms with Crippen molar-refractivity contribution >= 4 is 23.3 Å². The number of carbonyl (C=O) groups excluding carboxylic acids is 1. The first-order chi connectivity index (χ1) is 10.4. The monoisotopic (exact) mass is 319 g/mol. The van der Waals surface area contributed by atoms with E-state index in [9.17, 15) is 14.4 Å². The van der Waals surface area contributed by atoms with Crippen molar-refractivity contribution in [2.24, 2.45) is 14.1 Å². The van der Waals surface area contributed by atoms with Crippen LogP contribution in [0.15, 0.2) is 33.9 Å². The van der Waals surface area contributed by atoms with Gasteiger partial charge >= 0.3 is 5.69 Å². The van der Waals surface area contributed by atoms with Crippen LogP contribution in [0.4, 0.5) is 5.82 Å². The fourth-order valence-corrected chi connectivity index (χ4v) is 3.01. The molecule has 6 nitrogen and oxygen atoms in total. The molecule has 0 bridgehead atoms. The van der Waals surface area contributed by atoms with E-state index in [1.165, 1.54) is 18.7 Å². The summed E-state index contributed by atoms with van der Waals surface area (Å²) in [4.78, 5) is 36.5. The summed E-state index contributed by atoms with van der Waals surface area (Å²) in [6.07, 6.45) is 0.140. The predicted octanol–water partition coefficient (Wildman–Crippen LogP) is 1.21. The fourth-order valence-electron chi connectivity index (χ4n) is 2.81. The number of fused-ring (bicyclic) bond motifs is 1. The fraction of sp³-hybridized carbons (Fsp3) is 0.267. The molecule has 1 aromatic carbocycles. The van der Waals surface area contributed by atoms with Gasteiger partial charge in [0.1, 0.15) is 5.82 Å². The number of benzene rings is 1. The largest absolute Gasteiger partial charge is 0.332 e. The van der Waals surface area contributed by atoms with E-state index >= 15 is 0 Å². The molecule has 7 heteroatoms. The molecule has 0 unspecified atom stereocenters. The first-order valence-electron chi connectivity index (χ1n) is 6.75. The molecule has 2 aromatic rings. The highest BCUT2D eigenvalue weighted by Gasteiger charge is 2.32. The van der Waals surface area contributed by atoms with Crippen molar-refractivity contribution in [3.63, 3.8) is 0 Å². The summed E-state index contributed by atoms with van der Waals surface area (Å²) in [5, 5.41) is 3.16. The number of hydrogen-bond acceptors (Lipinski definition) is 3. The van der Waals surface area contributed by atoms with Crippen molar-refractivity contribution in [1.82, 2.24) is 9.13 Å². The van der Waals surface area contributed by atoms with Crippen molar-refractivity contribution in [2.75, 3.05) is 5.32 Å². The highest BCUT2D eigenvalue weighted by molar-refractivity contribution is 6.30. The summed E-state index contributed by atoms with van der Waals surface area (Å²) < 4.78 is 2.33. The molecule has 0 aliphatic carbocycles. The summed E-state index contributed by atoms with van der Waals surface area (Å²) in [5.41, 5.74) is 0.310. The third-order valence-corrected chi connectivity index (χ3v) is 4.18.